The van der Waals surface area contributed by atoms with E-state index in [1.165, 1.54) is 16.2 Å². The molecule has 1 atom stereocenters. The fraction of sp³-hybridized carbons (Fsp3) is 0.500. The lowest BCUT2D eigenvalue weighted by atomic mass is 10.1. The van der Waals surface area contributed by atoms with Crippen LogP contribution in [0.1, 0.15) is 37.8 Å². The van der Waals surface area contributed by atoms with Crippen LogP contribution in [0, 0.1) is 11.9 Å². The highest BCUT2D eigenvalue weighted by Crippen LogP contribution is 2.38. The number of aliphatic hydroxyl groups is 1. The van der Waals surface area contributed by atoms with Gasteiger partial charge in [-0.3, -0.25) is 4.90 Å². The molecule has 1 amide bonds. The third-order valence-corrected chi connectivity index (χ3v) is 6.58. The molecular weight excluding hydrogens is 419 g/mol. The quantitative estimate of drug-likeness (QED) is 0.720. The number of amides is 1. The van der Waals surface area contributed by atoms with Gasteiger partial charge >= 0.3 is 6.09 Å². The summed E-state index contributed by atoms with van der Waals surface area (Å²) in [6, 6.07) is 3.49. The smallest absolute Gasteiger partial charge is 0.414 e. The Morgan fingerprint density at radius 3 is 2.77 bits per heavy atom. The van der Waals surface area contributed by atoms with Crippen molar-refractivity contribution in [2.75, 3.05) is 31.1 Å². The van der Waals surface area contributed by atoms with Crippen molar-refractivity contribution in [1.82, 2.24) is 14.9 Å². The number of rotatable bonds is 3. The molecule has 0 bridgehead atoms. The summed E-state index contributed by atoms with van der Waals surface area (Å²) in [5.74, 6) is 0.193. The van der Waals surface area contributed by atoms with Crippen molar-refractivity contribution < 1.29 is 19.0 Å². The highest BCUT2D eigenvalue weighted by molar-refractivity contribution is 7.16. The summed E-state index contributed by atoms with van der Waals surface area (Å²) in [7, 11) is 0. The summed E-state index contributed by atoms with van der Waals surface area (Å²) in [5, 5.41) is 9.84. The van der Waals surface area contributed by atoms with Crippen LogP contribution in [0.5, 0.6) is 0 Å². The van der Waals surface area contributed by atoms with Crippen molar-refractivity contribution >= 4 is 28.9 Å². The van der Waals surface area contributed by atoms with Crippen LogP contribution in [0.15, 0.2) is 18.7 Å². The number of aromatic nitrogens is 2. The van der Waals surface area contributed by atoms with Crippen molar-refractivity contribution in [1.29, 1.82) is 0 Å². The maximum atomic E-state index is 14.9. The molecular formula is C22H27FN4O3S. The molecule has 0 spiro atoms. The van der Waals surface area contributed by atoms with Gasteiger partial charge in [0.15, 0.2) is 0 Å². The second-order valence-corrected chi connectivity index (χ2v) is 9.91. The number of hydrogen-bond acceptors (Lipinski definition) is 7. The summed E-state index contributed by atoms with van der Waals surface area (Å²) >= 11 is 1.31. The predicted octanol–water partition coefficient (Wildman–Crippen LogP) is 3.93. The molecule has 9 heteroatoms. The van der Waals surface area contributed by atoms with Gasteiger partial charge in [0.2, 0.25) is 5.95 Å². The molecule has 4 heterocycles. The minimum Gasteiger partial charge on any atom is -0.443 e. The number of ether oxygens (including phenoxy) is 1. The molecule has 166 valence electrons. The van der Waals surface area contributed by atoms with Crippen LogP contribution >= 0.6 is 11.3 Å². The SMILES string of the molecule is C=C1c2sc(-c3ccc(N4CC[C@@H](CO)C4)nc3F)nc2CCN1C(=O)OC(C)(C)C. The number of thiazole rings is 1. The number of carbonyl (C=O) groups is 1. The van der Waals surface area contributed by atoms with Crippen molar-refractivity contribution in [3.63, 3.8) is 0 Å². The molecule has 0 unspecified atom stereocenters. The van der Waals surface area contributed by atoms with Gasteiger partial charge in [-0.05, 0) is 39.3 Å². The molecule has 2 aromatic rings. The Morgan fingerprint density at radius 1 is 1.35 bits per heavy atom. The second-order valence-electron chi connectivity index (χ2n) is 8.91. The van der Waals surface area contributed by atoms with E-state index < -0.39 is 17.6 Å². The van der Waals surface area contributed by atoms with Gasteiger partial charge in [-0.15, -0.1) is 11.3 Å². The Labute approximate surface area is 185 Å². The second kappa shape index (κ2) is 8.20. The van der Waals surface area contributed by atoms with E-state index in [1.807, 2.05) is 25.7 Å². The standard InChI is InChI=1S/C22H27FN4O3S/c1-13-18-16(8-10-27(13)21(29)30-22(2,3)4)24-20(31-18)15-5-6-17(25-19(15)23)26-9-7-14(11-26)12-28/h5-6,14,28H,1,7-12H2,2-4H3/t14-/m1/s1. The molecule has 7 nitrogen and oxygen atoms in total. The van der Waals surface area contributed by atoms with Crippen molar-refractivity contribution in [2.45, 2.75) is 39.2 Å². The lowest BCUT2D eigenvalue weighted by Crippen LogP contribution is -2.38. The number of hydrogen-bond donors (Lipinski definition) is 1. The van der Waals surface area contributed by atoms with Gasteiger partial charge in [0.05, 0.1) is 21.8 Å². The Kier molecular flexibility index (Phi) is 5.74. The van der Waals surface area contributed by atoms with E-state index in [0.29, 0.717) is 41.6 Å². The van der Waals surface area contributed by atoms with E-state index in [1.54, 1.807) is 12.1 Å². The fourth-order valence-electron chi connectivity index (χ4n) is 3.81. The predicted molar refractivity (Wildman–Crippen MR) is 118 cm³/mol. The zero-order chi connectivity index (χ0) is 22.3. The van der Waals surface area contributed by atoms with Crippen LogP contribution in [0.25, 0.3) is 16.3 Å². The van der Waals surface area contributed by atoms with Gasteiger partial charge in [-0.25, -0.2) is 14.8 Å². The zero-order valence-electron chi connectivity index (χ0n) is 18.0. The van der Waals surface area contributed by atoms with E-state index in [0.717, 1.165) is 23.5 Å². The first-order valence-corrected chi connectivity index (χ1v) is 11.2. The molecule has 1 fully saturated rings. The molecule has 0 saturated carbocycles. The van der Waals surface area contributed by atoms with Gasteiger partial charge in [-0.1, -0.05) is 6.58 Å². The third-order valence-electron chi connectivity index (χ3n) is 5.40. The summed E-state index contributed by atoms with van der Waals surface area (Å²) in [4.78, 5) is 25.5. The lowest BCUT2D eigenvalue weighted by Gasteiger charge is -2.30. The third kappa shape index (κ3) is 4.43. The maximum absolute atomic E-state index is 14.9. The van der Waals surface area contributed by atoms with Crippen LogP contribution < -0.4 is 4.90 Å². The zero-order valence-corrected chi connectivity index (χ0v) is 18.8. The molecule has 1 N–H and O–H groups in total. The Balaban J connectivity index is 1.55. The van der Waals surface area contributed by atoms with E-state index in [4.69, 9.17) is 4.74 Å². The number of pyridine rings is 1. The summed E-state index contributed by atoms with van der Waals surface area (Å²) < 4.78 is 20.4. The molecule has 0 radical (unpaired) electrons. The molecule has 31 heavy (non-hydrogen) atoms. The summed E-state index contributed by atoms with van der Waals surface area (Å²) in [6.07, 6.45) is 0.979. The molecule has 2 aromatic heterocycles. The molecule has 0 aromatic carbocycles. The van der Waals surface area contributed by atoms with Crippen LogP contribution in [-0.2, 0) is 11.2 Å². The van der Waals surface area contributed by atoms with Gasteiger partial charge in [0.1, 0.15) is 16.4 Å². The summed E-state index contributed by atoms with van der Waals surface area (Å²) in [6.45, 7) is 11.5. The van der Waals surface area contributed by atoms with Crippen molar-refractivity contribution in [3.8, 4) is 10.6 Å². The number of carbonyl (C=O) groups excluding carboxylic acids is 1. The highest BCUT2D eigenvalue weighted by atomic mass is 32.1. The van der Waals surface area contributed by atoms with Crippen LogP contribution in [0.2, 0.25) is 0 Å². The average Bonchev–Trinajstić information content (AvgIpc) is 3.34. The maximum Gasteiger partial charge on any atom is 0.414 e. The molecule has 0 aliphatic carbocycles. The molecule has 1 saturated heterocycles. The van der Waals surface area contributed by atoms with Gasteiger partial charge in [-0.2, -0.15) is 4.39 Å². The minimum absolute atomic E-state index is 0.131. The fourth-order valence-corrected chi connectivity index (χ4v) is 4.91. The number of halogens is 1. The number of nitrogens with zero attached hydrogens (tertiary/aromatic N) is 4. The van der Waals surface area contributed by atoms with E-state index in [-0.39, 0.29) is 12.5 Å². The number of aliphatic hydroxyl groups excluding tert-OH is 1. The highest BCUT2D eigenvalue weighted by Gasteiger charge is 2.32. The first kappa shape index (κ1) is 21.7. The summed E-state index contributed by atoms with van der Waals surface area (Å²) in [5.41, 5.74) is 1.06. The minimum atomic E-state index is -0.598. The van der Waals surface area contributed by atoms with E-state index in [9.17, 15) is 14.3 Å². The van der Waals surface area contributed by atoms with Crippen LogP contribution in [0.3, 0.4) is 0 Å². The average molecular weight is 447 g/mol. The Hall–Kier alpha value is -2.52. The normalized spacial score (nSPS) is 19.0. The largest absolute Gasteiger partial charge is 0.443 e. The number of fused-ring (bicyclic) bond motifs is 1. The Morgan fingerprint density at radius 2 is 2.13 bits per heavy atom. The van der Waals surface area contributed by atoms with Gasteiger partial charge < -0.3 is 14.7 Å². The monoisotopic (exact) mass is 446 g/mol. The van der Waals surface area contributed by atoms with E-state index in [2.05, 4.69) is 16.5 Å². The molecule has 2 aliphatic heterocycles. The first-order chi connectivity index (χ1) is 14.7. The van der Waals surface area contributed by atoms with Gasteiger partial charge in [0, 0.05) is 38.6 Å². The Bertz CT molecular complexity index is 1020. The van der Waals surface area contributed by atoms with Crippen LogP contribution in [0.4, 0.5) is 15.0 Å². The van der Waals surface area contributed by atoms with Crippen molar-refractivity contribution in [2.24, 2.45) is 5.92 Å². The first-order valence-electron chi connectivity index (χ1n) is 10.4. The topological polar surface area (TPSA) is 78.8 Å². The van der Waals surface area contributed by atoms with Crippen LogP contribution in [-0.4, -0.2) is 57.9 Å². The van der Waals surface area contributed by atoms with Crippen molar-refractivity contribution in [3.05, 3.63) is 35.2 Å². The molecule has 2 aliphatic rings. The van der Waals surface area contributed by atoms with E-state index >= 15 is 0 Å². The number of anilines is 1. The lowest BCUT2D eigenvalue weighted by molar-refractivity contribution is 0.0351. The molecule has 4 rings (SSSR count). The van der Waals surface area contributed by atoms with Gasteiger partial charge in [0.25, 0.3) is 0 Å².